The predicted octanol–water partition coefficient (Wildman–Crippen LogP) is 2.31. The normalized spacial score (nSPS) is 10.8. The van der Waals surface area contributed by atoms with E-state index in [4.69, 9.17) is 5.73 Å². The molecule has 1 amide bonds. The molecule has 1 aromatic carbocycles. The first-order valence-corrected chi connectivity index (χ1v) is 5.26. The average molecular weight is 203 g/mol. The highest BCUT2D eigenvalue weighted by atomic mass is 16.1. The van der Waals surface area contributed by atoms with Crippen LogP contribution in [0.1, 0.15) is 30.5 Å². The Morgan fingerprint density at radius 2 is 1.73 bits per heavy atom. The Balaban J connectivity index is 3.01. The molecule has 0 spiro atoms. The molecular weight excluding hydrogens is 186 g/mol. The van der Waals surface area contributed by atoms with Gasteiger partial charge in [-0.3, -0.25) is 4.79 Å². The minimum atomic E-state index is -0.407. The van der Waals surface area contributed by atoms with Gasteiger partial charge in [-0.25, -0.2) is 0 Å². The lowest BCUT2D eigenvalue weighted by Gasteiger charge is -2.04. The van der Waals surface area contributed by atoms with Crippen LogP contribution >= 0.6 is 0 Å². The van der Waals surface area contributed by atoms with Crippen molar-refractivity contribution in [3.8, 4) is 0 Å². The molecule has 0 atom stereocenters. The number of benzene rings is 1. The molecule has 0 aliphatic heterocycles. The van der Waals surface area contributed by atoms with Gasteiger partial charge in [0.05, 0.1) is 0 Å². The number of aryl methyl sites for hydroxylation is 2. The predicted molar refractivity (Wildman–Crippen MR) is 63.4 cm³/mol. The lowest BCUT2D eigenvalue weighted by molar-refractivity contribution is -0.113. The first kappa shape index (κ1) is 11.5. The van der Waals surface area contributed by atoms with Crippen LogP contribution in [0.15, 0.2) is 24.3 Å². The van der Waals surface area contributed by atoms with E-state index in [1.807, 2.05) is 0 Å². The summed E-state index contributed by atoms with van der Waals surface area (Å²) in [6.45, 7) is 4.24. The smallest absolute Gasteiger partial charge is 0.241 e. The maximum Gasteiger partial charge on any atom is 0.241 e. The third-order valence-electron chi connectivity index (χ3n) is 2.33. The molecule has 80 valence electrons. The summed E-state index contributed by atoms with van der Waals surface area (Å²) < 4.78 is 0. The molecule has 0 heterocycles. The van der Waals surface area contributed by atoms with Crippen LogP contribution in [-0.2, 0) is 17.6 Å². The zero-order valence-electron chi connectivity index (χ0n) is 9.29. The number of primary amides is 1. The SMILES string of the molecule is CCc1cc(/C=C\C(N)=O)cc(CC)c1. The summed E-state index contributed by atoms with van der Waals surface area (Å²) in [4.78, 5) is 10.6. The lowest BCUT2D eigenvalue weighted by Crippen LogP contribution is -2.05. The van der Waals surface area contributed by atoms with Crippen LogP contribution in [0.5, 0.6) is 0 Å². The summed E-state index contributed by atoms with van der Waals surface area (Å²) in [5, 5.41) is 0. The van der Waals surface area contributed by atoms with E-state index in [1.165, 1.54) is 17.2 Å². The Morgan fingerprint density at radius 1 is 1.20 bits per heavy atom. The largest absolute Gasteiger partial charge is 0.366 e. The molecule has 2 heteroatoms. The zero-order chi connectivity index (χ0) is 11.3. The highest BCUT2D eigenvalue weighted by Gasteiger charge is 1.96. The maximum absolute atomic E-state index is 10.6. The molecule has 0 fully saturated rings. The first-order chi connectivity index (χ1) is 7.15. The Labute approximate surface area is 90.8 Å². The van der Waals surface area contributed by atoms with E-state index < -0.39 is 5.91 Å². The van der Waals surface area contributed by atoms with Gasteiger partial charge in [0.15, 0.2) is 0 Å². The summed E-state index contributed by atoms with van der Waals surface area (Å²) in [6.07, 6.45) is 5.17. The van der Waals surface area contributed by atoms with Crippen molar-refractivity contribution >= 4 is 12.0 Å². The van der Waals surface area contributed by atoms with E-state index in [-0.39, 0.29) is 0 Å². The second-order valence-electron chi connectivity index (χ2n) is 3.53. The van der Waals surface area contributed by atoms with Crippen molar-refractivity contribution < 1.29 is 4.79 Å². The van der Waals surface area contributed by atoms with E-state index in [0.717, 1.165) is 18.4 Å². The van der Waals surface area contributed by atoms with Crippen LogP contribution < -0.4 is 5.73 Å². The summed E-state index contributed by atoms with van der Waals surface area (Å²) in [5.74, 6) is -0.407. The average Bonchev–Trinajstić information content (AvgIpc) is 2.25. The van der Waals surface area contributed by atoms with E-state index in [1.54, 1.807) is 6.08 Å². The van der Waals surface area contributed by atoms with Gasteiger partial charge in [-0.05, 0) is 35.6 Å². The van der Waals surface area contributed by atoms with Crippen LogP contribution in [0.3, 0.4) is 0 Å². The fourth-order valence-electron chi connectivity index (χ4n) is 1.47. The van der Waals surface area contributed by atoms with Crippen molar-refractivity contribution in [1.29, 1.82) is 0 Å². The fraction of sp³-hybridized carbons (Fsp3) is 0.308. The van der Waals surface area contributed by atoms with Crippen LogP contribution in [0.25, 0.3) is 6.08 Å². The van der Waals surface area contributed by atoms with Gasteiger partial charge in [0.1, 0.15) is 0 Å². The van der Waals surface area contributed by atoms with Gasteiger partial charge in [0, 0.05) is 6.08 Å². The molecule has 0 radical (unpaired) electrons. The molecule has 1 rings (SSSR count). The number of rotatable bonds is 4. The van der Waals surface area contributed by atoms with E-state index in [2.05, 4.69) is 32.0 Å². The number of hydrogen-bond donors (Lipinski definition) is 1. The highest BCUT2D eigenvalue weighted by molar-refractivity contribution is 5.90. The summed E-state index contributed by atoms with van der Waals surface area (Å²) in [6, 6.07) is 6.36. The molecule has 2 nitrogen and oxygen atoms in total. The molecule has 0 saturated carbocycles. The molecule has 0 bridgehead atoms. The number of hydrogen-bond acceptors (Lipinski definition) is 1. The summed E-state index contributed by atoms with van der Waals surface area (Å²) in [5.41, 5.74) is 8.68. The highest BCUT2D eigenvalue weighted by Crippen LogP contribution is 2.13. The van der Waals surface area contributed by atoms with Crippen molar-refractivity contribution in [2.45, 2.75) is 26.7 Å². The second kappa shape index (κ2) is 5.35. The summed E-state index contributed by atoms with van der Waals surface area (Å²) >= 11 is 0. The van der Waals surface area contributed by atoms with Crippen LogP contribution in [0.2, 0.25) is 0 Å². The van der Waals surface area contributed by atoms with Gasteiger partial charge >= 0.3 is 0 Å². The lowest BCUT2D eigenvalue weighted by atomic mass is 10.0. The minimum Gasteiger partial charge on any atom is -0.366 e. The quantitative estimate of drug-likeness (QED) is 0.750. The third-order valence-corrected chi connectivity index (χ3v) is 2.33. The molecule has 0 aromatic heterocycles. The number of carbonyl (C=O) groups is 1. The Kier molecular flexibility index (Phi) is 4.10. The summed E-state index contributed by atoms with van der Waals surface area (Å²) in [7, 11) is 0. The number of nitrogens with two attached hydrogens (primary N) is 1. The Hall–Kier alpha value is -1.57. The van der Waals surface area contributed by atoms with Crippen molar-refractivity contribution in [1.82, 2.24) is 0 Å². The molecule has 2 N–H and O–H groups in total. The zero-order valence-corrected chi connectivity index (χ0v) is 9.29. The molecule has 0 aliphatic carbocycles. The van der Waals surface area contributed by atoms with Crippen molar-refractivity contribution in [3.05, 3.63) is 41.0 Å². The van der Waals surface area contributed by atoms with Gasteiger partial charge < -0.3 is 5.73 Å². The number of carbonyl (C=O) groups excluding carboxylic acids is 1. The van der Waals surface area contributed by atoms with Gasteiger partial charge in [-0.1, -0.05) is 32.0 Å². The molecule has 15 heavy (non-hydrogen) atoms. The monoisotopic (exact) mass is 203 g/mol. The minimum absolute atomic E-state index is 0.407. The first-order valence-electron chi connectivity index (χ1n) is 5.26. The second-order valence-corrected chi connectivity index (χ2v) is 3.53. The van der Waals surface area contributed by atoms with Gasteiger partial charge in [-0.15, -0.1) is 0 Å². The molecule has 1 aromatic rings. The van der Waals surface area contributed by atoms with Crippen LogP contribution in [0, 0.1) is 0 Å². The third kappa shape index (κ3) is 3.58. The Bertz CT molecular complexity index is 358. The van der Waals surface area contributed by atoms with Gasteiger partial charge in [0.25, 0.3) is 0 Å². The van der Waals surface area contributed by atoms with Crippen LogP contribution in [-0.4, -0.2) is 5.91 Å². The number of amides is 1. The van der Waals surface area contributed by atoms with Gasteiger partial charge in [0.2, 0.25) is 5.91 Å². The van der Waals surface area contributed by atoms with Crippen LogP contribution in [0.4, 0.5) is 0 Å². The molecule has 0 unspecified atom stereocenters. The Morgan fingerprint density at radius 3 is 2.13 bits per heavy atom. The molecule has 0 saturated heterocycles. The molecule has 0 aliphatic rings. The van der Waals surface area contributed by atoms with Gasteiger partial charge in [-0.2, -0.15) is 0 Å². The topological polar surface area (TPSA) is 43.1 Å². The van der Waals surface area contributed by atoms with E-state index >= 15 is 0 Å². The van der Waals surface area contributed by atoms with Crippen molar-refractivity contribution in [3.63, 3.8) is 0 Å². The molecular formula is C13H17NO. The maximum atomic E-state index is 10.6. The fourth-order valence-corrected chi connectivity index (χ4v) is 1.47. The van der Waals surface area contributed by atoms with Crippen molar-refractivity contribution in [2.24, 2.45) is 5.73 Å². The van der Waals surface area contributed by atoms with E-state index in [9.17, 15) is 4.79 Å². The van der Waals surface area contributed by atoms with Crippen molar-refractivity contribution in [2.75, 3.05) is 0 Å². The standard InChI is InChI=1S/C13H17NO/c1-3-10-7-11(4-2)9-12(8-10)5-6-13(14)15/h5-9H,3-4H2,1-2H3,(H2,14,15)/b6-5-. The van der Waals surface area contributed by atoms with E-state index in [0.29, 0.717) is 0 Å².